The number of rotatable bonds is 4. The third-order valence-electron chi connectivity index (χ3n) is 8.81. The van der Waals surface area contributed by atoms with Gasteiger partial charge < -0.3 is 9.64 Å². The zero-order chi connectivity index (χ0) is 28.5. The smallest absolute Gasteiger partial charge is 0.186 e. The monoisotopic (exact) mass is 559 g/mol. The normalized spacial score (nSPS) is 21.5. The SMILES string of the molecule is COc1cccc(C(=O)[C@H]2[C@H](c3ccc(Cl)cc3)C3(C(=O)c4ccccc4C3=O)[C@@H]3C=Cc4cc(C)ccc4N32)c1. The average molecular weight is 560 g/mol. The number of ether oxygens (including phenoxy) is 1. The summed E-state index contributed by atoms with van der Waals surface area (Å²) >= 11 is 6.30. The van der Waals surface area contributed by atoms with Crippen molar-refractivity contribution in [2.24, 2.45) is 5.41 Å². The first-order valence-electron chi connectivity index (χ1n) is 13.6. The molecule has 0 aromatic heterocycles. The predicted octanol–water partition coefficient (Wildman–Crippen LogP) is 6.97. The molecule has 3 aliphatic rings. The fourth-order valence-corrected chi connectivity index (χ4v) is 7.21. The lowest BCUT2D eigenvalue weighted by Gasteiger charge is -2.37. The number of carbonyl (C=O) groups is 3. The van der Waals surface area contributed by atoms with E-state index in [1.165, 1.54) is 0 Å². The molecule has 0 bridgehead atoms. The Morgan fingerprint density at radius 1 is 0.878 bits per heavy atom. The van der Waals surface area contributed by atoms with E-state index in [1.54, 1.807) is 67.8 Å². The van der Waals surface area contributed by atoms with Gasteiger partial charge in [0.25, 0.3) is 0 Å². The van der Waals surface area contributed by atoms with Gasteiger partial charge in [0.15, 0.2) is 17.3 Å². The number of nitrogens with zero attached hydrogens (tertiary/aromatic N) is 1. The highest BCUT2D eigenvalue weighted by molar-refractivity contribution is 6.32. The van der Waals surface area contributed by atoms with Gasteiger partial charge in [-0.15, -0.1) is 0 Å². The molecule has 202 valence electrons. The largest absolute Gasteiger partial charge is 0.497 e. The third kappa shape index (κ3) is 3.52. The Bertz CT molecular complexity index is 1760. The maximum absolute atomic E-state index is 14.8. The predicted molar refractivity (Wildman–Crippen MR) is 159 cm³/mol. The molecule has 5 nitrogen and oxygen atoms in total. The number of anilines is 1. The minimum atomic E-state index is -1.55. The summed E-state index contributed by atoms with van der Waals surface area (Å²) in [6.07, 6.45) is 3.91. The quantitative estimate of drug-likeness (QED) is 0.199. The van der Waals surface area contributed by atoms with Crippen molar-refractivity contribution < 1.29 is 19.1 Å². The zero-order valence-electron chi connectivity index (χ0n) is 22.5. The minimum absolute atomic E-state index is 0.191. The highest BCUT2D eigenvalue weighted by Crippen LogP contribution is 2.61. The summed E-state index contributed by atoms with van der Waals surface area (Å²) in [5.74, 6) is -0.932. The highest BCUT2D eigenvalue weighted by Gasteiger charge is 2.71. The van der Waals surface area contributed by atoms with Crippen LogP contribution in [0.15, 0.2) is 97.1 Å². The van der Waals surface area contributed by atoms with Crippen LogP contribution in [0.2, 0.25) is 5.02 Å². The van der Waals surface area contributed by atoms with Gasteiger partial charge in [-0.05, 0) is 54.4 Å². The Morgan fingerprint density at radius 2 is 1.59 bits per heavy atom. The van der Waals surface area contributed by atoms with Crippen LogP contribution in [0.3, 0.4) is 0 Å². The van der Waals surface area contributed by atoms with E-state index in [2.05, 4.69) is 6.07 Å². The van der Waals surface area contributed by atoms with Crippen molar-refractivity contribution in [2.75, 3.05) is 12.0 Å². The minimum Gasteiger partial charge on any atom is -0.497 e. The molecule has 0 amide bonds. The molecule has 1 spiro atoms. The second-order valence-corrected chi connectivity index (χ2v) is 11.4. The highest BCUT2D eigenvalue weighted by atomic mass is 35.5. The van der Waals surface area contributed by atoms with Crippen molar-refractivity contribution in [3.63, 3.8) is 0 Å². The standard InChI is InChI=1S/C35H26ClNO4/c1-20-10-16-28-22(18-20)13-17-29-35(33(39)26-8-3-4-9-27(26)34(35)40)30(21-11-14-24(36)15-12-21)31(37(28)29)32(38)23-6-5-7-25(19-23)41-2/h3-19,29-31H,1-2H3/t29-,30-,31+/m0/s1. The summed E-state index contributed by atoms with van der Waals surface area (Å²) in [7, 11) is 1.56. The van der Waals surface area contributed by atoms with Gasteiger partial charge in [0.1, 0.15) is 17.2 Å². The fourth-order valence-electron chi connectivity index (χ4n) is 7.09. The van der Waals surface area contributed by atoms with Crippen molar-refractivity contribution >= 4 is 40.7 Å². The second-order valence-electron chi connectivity index (χ2n) is 10.9. The van der Waals surface area contributed by atoms with Gasteiger partial charge in [0, 0.05) is 33.3 Å². The number of hydrogen-bond acceptors (Lipinski definition) is 5. The van der Waals surface area contributed by atoms with Crippen LogP contribution in [-0.2, 0) is 0 Å². The van der Waals surface area contributed by atoms with E-state index >= 15 is 0 Å². The molecule has 2 aliphatic heterocycles. The molecule has 1 aliphatic carbocycles. The van der Waals surface area contributed by atoms with Gasteiger partial charge in [0.05, 0.1) is 13.2 Å². The molecular formula is C35H26ClNO4. The lowest BCUT2D eigenvalue weighted by atomic mass is 9.64. The lowest BCUT2D eigenvalue weighted by molar-refractivity contribution is 0.0666. The summed E-state index contributed by atoms with van der Waals surface area (Å²) in [4.78, 5) is 46.1. The van der Waals surface area contributed by atoms with Gasteiger partial charge in [-0.1, -0.05) is 83.9 Å². The summed E-state index contributed by atoms with van der Waals surface area (Å²) in [6, 6.07) is 25.7. The molecule has 0 radical (unpaired) electrons. The van der Waals surface area contributed by atoms with Crippen LogP contribution in [0.25, 0.3) is 6.08 Å². The van der Waals surface area contributed by atoms with E-state index in [1.807, 2.05) is 48.2 Å². The second kappa shape index (κ2) is 9.28. The van der Waals surface area contributed by atoms with Crippen molar-refractivity contribution in [2.45, 2.75) is 24.9 Å². The van der Waals surface area contributed by atoms with Gasteiger partial charge in [-0.2, -0.15) is 0 Å². The molecule has 1 fully saturated rings. The summed E-state index contributed by atoms with van der Waals surface area (Å²) in [5.41, 5.74) is 3.23. The number of methoxy groups -OCH3 is 1. The van der Waals surface area contributed by atoms with Crippen molar-refractivity contribution in [1.82, 2.24) is 0 Å². The van der Waals surface area contributed by atoms with E-state index < -0.39 is 23.4 Å². The van der Waals surface area contributed by atoms with Crippen LogP contribution < -0.4 is 9.64 Å². The molecule has 2 heterocycles. The average Bonchev–Trinajstić information content (AvgIpc) is 3.43. The molecule has 3 atom stereocenters. The van der Waals surface area contributed by atoms with Gasteiger partial charge in [-0.3, -0.25) is 14.4 Å². The maximum Gasteiger partial charge on any atom is 0.186 e. The van der Waals surface area contributed by atoms with Crippen molar-refractivity contribution in [1.29, 1.82) is 0 Å². The summed E-state index contributed by atoms with van der Waals surface area (Å²) in [6.45, 7) is 2.02. The fraction of sp³-hybridized carbons (Fsp3) is 0.171. The topological polar surface area (TPSA) is 63.7 Å². The Kier molecular flexibility index (Phi) is 5.77. The number of aryl methyl sites for hydroxylation is 1. The first kappa shape index (κ1) is 25.5. The first-order valence-corrected chi connectivity index (χ1v) is 13.9. The van der Waals surface area contributed by atoms with Gasteiger partial charge in [0.2, 0.25) is 0 Å². The molecule has 0 unspecified atom stereocenters. The number of hydrogen-bond donors (Lipinski definition) is 0. The number of carbonyl (C=O) groups excluding carboxylic acids is 3. The van der Waals surface area contributed by atoms with E-state index in [4.69, 9.17) is 16.3 Å². The molecule has 1 saturated heterocycles. The maximum atomic E-state index is 14.8. The number of Topliss-reactive ketones (excluding diaryl/α,β-unsaturated/α-hetero) is 3. The van der Waals surface area contributed by atoms with Crippen LogP contribution in [0.5, 0.6) is 5.75 Å². The van der Waals surface area contributed by atoms with Gasteiger partial charge in [-0.25, -0.2) is 0 Å². The van der Waals surface area contributed by atoms with E-state index in [0.29, 0.717) is 33.0 Å². The summed E-state index contributed by atoms with van der Waals surface area (Å²) < 4.78 is 5.44. The van der Waals surface area contributed by atoms with E-state index in [9.17, 15) is 14.4 Å². The third-order valence-corrected chi connectivity index (χ3v) is 9.06. The van der Waals surface area contributed by atoms with Crippen molar-refractivity contribution in [3.05, 3.63) is 135 Å². The Hall–Kier alpha value is -4.48. The molecule has 0 N–H and O–H groups in total. The number of ketones is 3. The van der Waals surface area contributed by atoms with Crippen molar-refractivity contribution in [3.8, 4) is 5.75 Å². The molecule has 6 heteroatoms. The van der Waals surface area contributed by atoms with Crippen LogP contribution in [0, 0.1) is 12.3 Å². The summed E-state index contributed by atoms with van der Waals surface area (Å²) in [5, 5.41) is 0.530. The molecule has 4 aromatic rings. The lowest BCUT2D eigenvalue weighted by Crippen LogP contribution is -2.48. The zero-order valence-corrected chi connectivity index (χ0v) is 23.3. The van der Waals surface area contributed by atoms with Crippen LogP contribution in [0.1, 0.15) is 53.7 Å². The Labute approximate surface area is 243 Å². The Morgan fingerprint density at radius 3 is 2.27 bits per heavy atom. The first-order chi connectivity index (χ1) is 19.9. The van der Waals surface area contributed by atoms with E-state index in [-0.39, 0.29) is 17.3 Å². The number of benzene rings is 4. The van der Waals surface area contributed by atoms with Gasteiger partial charge >= 0.3 is 0 Å². The van der Waals surface area contributed by atoms with E-state index in [0.717, 1.165) is 16.8 Å². The van der Waals surface area contributed by atoms with Crippen LogP contribution in [-0.4, -0.2) is 36.5 Å². The number of halogens is 1. The molecule has 7 rings (SSSR count). The Balaban J connectivity index is 1.54. The molecular weight excluding hydrogens is 534 g/mol. The molecule has 41 heavy (non-hydrogen) atoms. The van der Waals surface area contributed by atoms with Crippen LogP contribution in [0.4, 0.5) is 5.69 Å². The van der Waals surface area contributed by atoms with Crippen LogP contribution >= 0.6 is 11.6 Å². The molecule has 4 aromatic carbocycles. The number of fused-ring (bicyclic) bond motifs is 5. The molecule has 0 saturated carbocycles.